The molecule has 0 aliphatic rings. The number of rotatable bonds is 7. The van der Waals surface area contributed by atoms with Crippen LogP contribution in [0.4, 0.5) is 0 Å². The molecule has 0 heterocycles. The van der Waals surface area contributed by atoms with Crippen LogP contribution in [0, 0.1) is 20.8 Å². The summed E-state index contributed by atoms with van der Waals surface area (Å²) in [4.78, 5) is 13.2. The predicted octanol–water partition coefficient (Wildman–Crippen LogP) is 4.09. The molecule has 122 valence electrons. The van der Waals surface area contributed by atoms with E-state index >= 15 is 0 Å². The standard InChI is InChI=1S/C20H25NO2/c1-15-11-16(2)19(17(3)12-15)14-21(10-9-20(22)23)13-18-7-5-4-6-8-18/h4-8,11-12H,9-10,13-14H2,1-3H3,(H,22,23). The van der Waals surface area contributed by atoms with Gasteiger partial charge in [0.2, 0.25) is 0 Å². The van der Waals surface area contributed by atoms with E-state index in [-0.39, 0.29) is 6.42 Å². The Morgan fingerprint density at radius 3 is 2.17 bits per heavy atom. The minimum atomic E-state index is -0.750. The fourth-order valence-corrected chi connectivity index (χ4v) is 2.99. The van der Waals surface area contributed by atoms with Crippen LogP contribution in [0.5, 0.6) is 0 Å². The number of nitrogens with zero attached hydrogens (tertiary/aromatic N) is 1. The van der Waals surface area contributed by atoms with Gasteiger partial charge in [0.25, 0.3) is 0 Å². The van der Waals surface area contributed by atoms with Gasteiger partial charge >= 0.3 is 5.97 Å². The lowest BCUT2D eigenvalue weighted by Gasteiger charge is -2.24. The lowest BCUT2D eigenvalue weighted by atomic mass is 9.99. The van der Waals surface area contributed by atoms with Crippen LogP contribution < -0.4 is 0 Å². The van der Waals surface area contributed by atoms with Crippen molar-refractivity contribution in [2.24, 2.45) is 0 Å². The summed E-state index contributed by atoms with van der Waals surface area (Å²) in [6.07, 6.45) is 0.163. The Hall–Kier alpha value is -2.13. The van der Waals surface area contributed by atoms with E-state index in [2.05, 4.69) is 49.9 Å². The molecule has 0 fully saturated rings. The van der Waals surface area contributed by atoms with Gasteiger partial charge in [-0.15, -0.1) is 0 Å². The highest BCUT2D eigenvalue weighted by Gasteiger charge is 2.12. The molecule has 0 aliphatic carbocycles. The number of benzene rings is 2. The molecule has 0 atom stereocenters. The van der Waals surface area contributed by atoms with Gasteiger partial charge < -0.3 is 5.11 Å². The molecule has 0 amide bonds. The first-order valence-electron chi connectivity index (χ1n) is 8.00. The van der Waals surface area contributed by atoms with Crippen LogP contribution >= 0.6 is 0 Å². The molecule has 2 aromatic rings. The zero-order valence-corrected chi connectivity index (χ0v) is 14.2. The summed E-state index contributed by atoms with van der Waals surface area (Å²) in [6, 6.07) is 14.6. The van der Waals surface area contributed by atoms with Crippen molar-refractivity contribution in [2.45, 2.75) is 40.3 Å². The Labute approximate surface area is 138 Å². The van der Waals surface area contributed by atoms with E-state index in [0.717, 1.165) is 13.1 Å². The summed E-state index contributed by atoms with van der Waals surface area (Å²) in [7, 11) is 0. The lowest BCUT2D eigenvalue weighted by Crippen LogP contribution is -2.26. The van der Waals surface area contributed by atoms with Crippen LogP contribution in [-0.2, 0) is 17.9 Å². The van der Waals surface area contributed by atoms with Gasteiger partial charge in [-0.2, -0.15) is 0 Å². The molecule has 0 aliphatic heterocycles. The zero-order valence-electron chi connectivity index (χ0n) is 14.2. The maximum absolute atomic E-state index is 11.0. The quantitative estimate of drug-likeness (QED) is 0.837. The topological polar surface area (TPSA) is 40.5 Å². The SMILES string of the molecule is Cc1cc(C)c(CN(CCC(=O)O)Cc2ccccc2)c(C)c1. The Morgan fingerprint density at radius 1 is 1.00 bits per heavy atom. The highest BCUT2D eigenvalue weighted by atomic mass is 16.4. The molecule has 1 N–H and O–H groups in total. The molecular formula is C20H25NO2. The number of aliphatic carboxylic acids is 1. The Kier molecular flexibility index (Phi) is 5.94. The van der Waals surface area contributed by atoms with Crippen LogP contribution in [-0.4, -0.2) is 22.5 Å². The fraction of sp³-hybridized carbons (Fsp3) is 0.350. The predicted molar refractivity (Wildman–Crippen MR) is 93.5 cm³/mol. The van der Waals surface area contributed by atoms with Crippen molar-refractivity contribution >= 4 is 5.97 Å². The van der Waals surface area contributed by atoms with E-state index in [1.807, 2.05) is 18.2 Å². The number of carbonyl (C=O) groups is 1. The van der Waals surface area contributed by atoms with Gasteiger partial charge in [0, 0.05) is 19.6 Å². The highest BCUT2D eigenvalue weighted by Crippen LogP contribution is 2.19. The van der Waals surface area contributed by atoms with Crippen molar-refractivity contribution in [2.75, 3.05) is 6.54 Å². The van der Waals surface area contributed by atoms with Gasteiger partial charge in [-0.1, -0.05) is 48.0 Å². The third kappa shape index (κ3) is 5.22. The molecule has 0 spiro atoms. The Bertz CT molecular complexity index is 642. The monoisotopic (exact) mass is 311 g/mol. The minimum Gasteiger partial charge on any atom is -0.481 e. The van der Waals surface area contributed by atoms with Gasteiger partial charge in [-0.25, -0.2) is 0 Å². The van der Waals surface area contributed by atoms with E-state index in [0.29, 0.717) is 6.54 Å². The molecule has 23 heavy (non-hydrogen) atoms. The third-order valence-electron chi connectivity index (χ3n) is 4.11. The van der Waals surface area contributed by atoms with Crippen molar-refractivity contribution in [1.29, 1.82) is 0 Å². The number of carboxylic acids is 1. The van der Waals surface area contributed by atoms with Gasteiger partial charge in [-0.3, -0.25) is 9.69 Å². The summed E-state index contributed by atoms with van der Waals surface area (Å²) in [5.74, 6) is -0.750. The van der Waals surface area contributed by atoms with Crippen LogP contribution in [0.3, 0.4) is 0 Å². The highest BCUT2D eigenvalue weighted by molar-refractivity contribution is 5.66. The van der Waals surface area contributed by atoms with Crippen LogP contribution in [0.15, 0.2) is 42.5 Å². The first-order valence-corrected chi connectivity index (χ1v) is 8.00. The van der Waals surface area contributed by atoms with Crippen molar-refractivity contribution in [3.63, 3.8) is 0 Å². The van der Waals surface area contributed by atoms with Crippen molar-refractivity contribution < 1.29 is 9.90 Å². The molecule has 0 bridgehead atoms. The van der Waals surface area contributed by atoms with Crippen LogP contribution in [0.25, 0.3) is 0 Å². The first-order chi connectivity index (χ1) is 11.0. The molecule has 0 unspecified atom stereocenters. The van der Waals surface area contributed by atoms with Crippen molar-refractivity contribution in [1.82, 2.24) is 4.90 Å². The fourth-order valence-electron chi connectivity index (χ4n) is 2.99. The largest absolute Gasteiger partial charge is 0.481 e. The van der Waals surface area contributed by atoms with E-state index < -0.39 is 5.97 Å². The zero-order chi connectivity index (χ0) is 16.8. The van der Waals surface area contributed by atoms with Gasteiger partial charge in [0.1, 0.15) is 0 Å². The average Bonchev–Trinajstić information content (AvgIpc) is 2.49. The van der Waals surface area contributed by atoms with E-state index in [9.17, 15) is 4.79 Å². The van der Waals surface area contributed by atoms with Crippen molar-refractivity contribution in [3.05, 3.63) is 70.3 Å². The second-order valence-corrected chi connectivity index (χ2v) is 6.22. The first kappa shape index (κ1) is 17.2. The maximum atomic E-state index is 11.0. The molecular weight excluding hydrogens is 286 g/mol. The summed E-state index contributed by atoms with van der Waals surface area (Å²) in [5, 5.41) is 9.01. The Morgan fingerprint density at radius 2 is 1.61 bits per heavy atom. The number of hydrogen-bond acceptors (Lipinski definition) is 2. The molecule has 0 radical (unpaired) electrons. The average molecular weight is 311 g/mol. The van der Waals surface area contributed by atoms with Gasteiger partial charge in [0.05, 0.1) is 6.42 Å². The second-order valence-electron chi connectivity index (χ2n) is 6.22. The Balaban J connectivity index is 2.18. The molecule has 3 nitrogen and oxygen atoms in total. The normalized spacial score (nSPS) is 11.0. The summed E-state index contributed by atoms with van der Waals surface area (Å²) < 4.78 is 0. The van der Waals surface area contributed by atoms with E-state index in [1.54, 1.807) is 0 Å². The van der Waals surface area contributed by atoms with E-state index in [1.165, 1.54) is 27.8 Å². The molecule has 0 saturated heterocycles. The molecule has 2 aromatic carbocycles. The molecule has 3 heteroatoms. The third-order valence-corrected chi connectivity index (χ3v) is 4.11. The maximum Gasteiger partial charge on any atom is 0.304 e. The summed E-state index contributed by atoms with van der Waals surface area (Å²) >= 11 is 0. The van der Waals surface area contributed by atoms with Crippen molar-refractivity contribution in [3.8, 4) is 0 Å². The smallest absolute Gasteiger partial charge is 0.304 e. The van der Waals surface area contributed by atoms with Crippen LogP contribution in [0.1, 0.15) is 34.2 Å². The number of aryl methyl sites for hydroxylation is 3. The van der Waals surface area contributed by atoms with Crippen LogP contribution in [0.2, 0.25) is 0 Å². The second kappa shape index (κ2) is 7.93. The lowest BCUT2D eigenvalue weighted by molar-refractivity contribution is -0.137. The minimum absolute atomic E-state index is 0.163. The summed E-state index contributed by atoms with van der Waals surface area (Å²) in [5.41, 5.74) is 6.33. The van der Waals surface area contributed by atoms with E-state index in [4.69, 9.17) is 5.11 Å². The molecule has 0 aromatic heterocycles. The summed E-state index contributed by atoms with van der Waals surface area (Å²) in [6.45, 7) is 8.47. The molecule has 2 rings (SSSR count). The number of carboxylic acid groups (broad SMARTS) is 1. The van der Waals surface area contributed by atoms with Gasteiger partial charge in [-0.05, 0) is 43.0 Å². The van der Waals surface area contributed by atoms with Gasteiger partial charge in [0.15, 0.2) is 0 Å². The number of hydrogen-bond donors (Lipinski definition) is 1. The molecule has 0 saturated carbocycles.